The van der Waals surface area contributed by atoms with Crippen molar-refractivity contribution in [3.8, 4) is 16.9 Å². The zero-order valence-corrected chi connectivity index (χ0v) is 18.0. The fourth-order valence-electron chi connectivity index (χ4n) is 3.76. The van der Waals surface area contributed by atoms with Crippen LogP contribution in [-0.4, -0.2) is 6.61 Å². The lowest BCUT2D eigenvalue weighted by atomic mass is 9.97. The number of fused-ring (bicyclic) bond motifs is 1. The summed E-state index contributed by atoms with van der Waals surface area (Å²) in [6, 6.07) is 21.1. The second kappa shape index (κ2) is 9.90. The molecule has 4 aromatic rings. The highest BCUT2D eigenvalue weighted by Crippen LogP contribution is 2.29. The van der Waals surface area contributed by atoms with E-state index in [2.05, 4.69) is 6.92 Å². The number of unbranched alkanes of at least 4 members (excludes halogenated alkanes) is 1. The highest BCUT2D eigenvalue weighted by atomic mass is 19.2. The lowest BCUT2D eigenvalue weighted by molar-refractivity contribution is 0.309. The molecule has 0 aliphatic rings. The van der Waals surface area contributed by atoms with Crippen molar-refractivity contribution < 1.29 is 17.9 Å². The molecule has 0 amide bonds. The molecule has 4 aromatic carbocycles. The van der Waals surface area contributed by atoms with Crippen molar-refractivity contribution in [2.45, 2.75) is 32.6 Å². The summed E-state index contributed by atoms with van der Waals surface area (Å²) >= 11 is 0. The van der Waals surface area contributed by atoms with Crippen LogP contribution in [0, 0.1) is 17.5 Å². The first-order valence-electron chi connectivity index (χ1n) is 10.9. The average molecular weight is 435 g/mol. The number of benzene rings is 4. The van der Waals surface area contributed by atoms with E-state index < -0.39 is 11.6 Å². The average Bonchev–Trinajstić information content (AvgIpc) is 2.81. The monoisotopic (exact) mass is 434 g/mol. The fraction of sp³-hybridized carbons (Fsp3) is 0.214. The van der Waals surface area contributed by atoms with E-state index in [1.54, 1.807) is 12.1 Å². The molecule has 0 radical (unpaired) electrons. The Morgan fingerprint density at radius 2 is 1.50 bits per heavy atom. The third-order valence-electron chi connectivity index (χ3n) is 5.66. The molecule has 0 saturated heterocycles. The number of aryl methyl sites for hydroxylation is 2. The van der Waals surface area contributed by atoms with Crippen molar-refractivity contribution >= 4 is 10.8 Å². The molecule has 0 N–H and O–H groups in total. The van der Waals surface area contributed by atoms with Crippen LogP contribution in [0.4, 0.5) is 13.2 Å². The smallest absolute Gasteiger partial charge is 0.159 e. The molecule has 4 heteroatoms. The van der Waals surface area contributed by atoms with Gasteiger partial charge < -0.3 is 4.74 Å². The van der Waals surface area contributed by atoms with Gasteiger partial charge in [0.2, 0.25) is 0 Å². The normalized spacial score (nSPS) is 11.1. The maximum Gasteiger partial charge on any atom is 0.159 e. The lowest BCUT2D eigenvalue weighted by Gasteiger charge is -2.10. The van der Waals surface area contributed by atoms with E-state index >= 15 is 4.39 Å². The molecule has 32 heavy (non-hydrogen) atoms. The van der Waals surface area contributed by atoms with Crippen LogP contribution in [0.15, 0.2) is 72.8 Å². The van der Waals surface area contributed by atoms with Gasteiger partial charge >= 0.3 is 0 Å². The van der Waals surface area contributed by atoms with Gasteiger partial charge in [0.05, 0.1) is 6.61 Å². The first-order chi connectivity index (χ1) is 15.5. The summed E-state index contributed by atoms with van der Waals surface area (Å²) in [4.78, 5) is 0. The van der Waals surface area contributed by atoms with Crippen molar-refractivity contribution in [1.82, 2.24) is 0 Å². The van der Waals surface area contributed by atoms with E-state index in [1.807, 2.05) is 42.5 Å². The molecule has 4 rings (SSSR count). The number of hydrogen-bond donors (Lipinski definition) is 0. The van der Waals surface area contributed by atoms with Gasteiger partial charge in [-0.2, -0.15) is 0 Å². The summed E-state index contributed by atoms with van der Waals surface area (Å²) in [6.07, 6.45) is 2.97. The van der Waals surface area contributed by atoms with Gasteiger partial charge in [0.15, 0.2) is 11.6 Å². The molecule has 0 bridgehead atoms. The predicted octanol–water partition coefficient (Wildman–Crippen LogP) is 7.89. The summed E-state index contributed by atoms with van der Waals surface area (Å²) in [5.74, 6) is -1.18. The second-order valence-electron chi connectivity index (χ2n) is 7.95. The van der Waals surface area contributed by atoms with Gasteiger partial charge in [0, 0.05) is 5.39 Å². The van der Waals surface area contributed by atoms with Crippen LogP contribution in [-0.2, 0) is 12.8 Å². The van der Waals surface area contributed by atoms with Gasteiger partial charge in [0.25, 0.3) is 0 Å². The van der Waals surface area contributed by atoms with Gasteiger partial charge in [-0.1, -0.05) is 55.8 Å². The Labute approximate surface area is 186 Å². The van der Waals surface area contributed by atoms with E-state index in [-0.39, 0.29) is 5.82 Å². The number of halogens is 3. The minimum Gasteiger partial charge on any atom is -0.494 e. The fourth-order valence-corrected chi connectivity index (χ4v) is 3.76. The molecule has 0 saturated carbocycles. The van der Waals surface area contributed by atoms with Crippen molar-refractivity contribution in [1.29, 1.82) is 0 Å². The van der Waals surface area contributed by atoms with Crippen molar-refractivity contribution in [3.63, 3.8) is 0 Å². The SMILES string of the molecule is CCCCOc1ccc(-c2ccc3c(F)c(CCc4ccc(F)c(F)c4)ccc3c2)cc1. The molecule has 164 valence electrons. The van der Waals surface area contributed by atoms with Crippen molar-refractivity contribution in [3.05, 3.63) is 101 Å². The van der Waals surface area contributed by atoms with Gasteiger partial charge in [-0.3, -0.25) is 0 Å². The minimum absolute atomic E-state index is 0.267. The summed E-state index contributed by atoms with van der Waals surface area (Å²) < 4.78 is 47.3. The van der Waals surface area contributed by atoms with Gasteiger partial charge in [0.1, 0.15) is 11.6 Å². The van der Waals surface area contributed by atoms with E-state index in [4.69, 9.17) is 4.74 Å². The molecule has 1 nitrogen and oxygen atoms in total. The maximum atomic E-state index is 15.1. The minimum atomic E-state index is -0.880. The molecule has 0 aliphatic heterocycles. The van der Waals surface area contributed by atoms with Gasteiger partial charge in [-0.25, -0.2) is 13.2 Å². The zero-order valence-electron chi connectivity index (χ0n) is 18.0. The summed E-state index contributed by atoms with van der Waals surface area (Å²) in [5.41, 5.74) is 3.24. The van der Waals surface area contributed by atoms with Crippen LogP contribution in [0.5, 0.6) is 5.75 Å². The largest absolute Gasteiger partial charge is 0.494 e. The Hall–Kier alpha value is -3.27. The van der Waals surface area contributed by atoms with Crippen LogP contribution in [0.25, 0.3) is 21.9 Å². The van der Waals surface area contributed by atoms with E-state index in [0.717, 1.165) is 41.2 Å². The summed E-state index contributed by atoms with van der Waals surface area (Å²) in [5, 5.41) is 1.37. The highest BCUT2D eigenvalue weighted by Gasteiger charge is 2.10. The predicted molar refractivity (Wildman–Crippen MR) is 124 cm³/mol. The molecule has 0 fully saturated rings. The van der Waals surface area contributed by atoms with Gasteiger partial charge in [-0.05, 0) is 77.2 Å². The van der Waals surface area contributed by atoms with Crippen LogP contribution in [0.3, 0.4) is 0 Å². The maximum absolute atomic E-state index is 15.1. The molecular weight excluding hydrogens is 409 g/mol. The summed E-state index contributed by atoms with van der Waals surface area (Å²) in [6.45, 7) is 2.84. The molecular formula is C28H25F3O. The van der Waals surface area contributed by atoms with E-state index in [9.17, 15) is 8.78 Å². The van der Waals surface area contributed by atoms with Crippen molar-refractivity contribution in [2.24, 2.45) is 0 Å². The lowest BCUT2D eigenvalue weighted by Crippen LogP contribution is -1.97. The first kappa shape index (κ1) is 21.9. The molecule has 0 aromatic heterocycles. The Bertz CT molecular complexity index is 1220. The number of rotatable bonds is 8. The Morgan fingerprint density at radius 3 is 2.25 bits per heavy atom. The van der Waals surface area contributed by atoms with Crippen LogP contribution < -0.4 is 4.74 Å². The first-order valence-corrected chi connectivity index (χ1v) is 10.9. The third-order valence-corrected chi connectivity index (χ3v) is 5.66. The number of ether oxygens (including phenoxy) is 1. The quantitative estimate of drug-likeness (QED) is 0.256. The van der Waals surface area contributed by atoms with Crippen LogP contribution >= 0.6 is 0 Å². The molecule has 0 unspecified atom stereocenters. The Balaban J connectivity index is 1.51. The summed E-state index contributed by atoms with van der Waals surface area (Å²) in [7, 11) is 0. The zero-order chi connectivity index (χ0) is 22.5. The molecule has 0 atom stereocenters. The molecule has 0 spiro atoms. The van der Waals surface area contributed by atoms with Crippen LogP contribution in [0.2, 0.25) is 0 Å². The molecule has 0 heterocycles. The van der Waals surface area contributed by atoms with E-state index in [0.29, 0.717) is 36.0 Å². The molecule has 0 aliphatic carbocycles. The Morgan fingerprint density at radius 1 is 0.719 bits per heavy atom. The third kappa shape index (κ3) is 4.96. The van der Waals surface area contributed by atoms with Gasteiger partial charge in [-0.15, -0.1) is 0 Å². The second-order valence-corrected chi connectivity index (χ2v) is 7.95. The van der Waals surface area contributed by atoms with Crippen molar-refractivity contribution in [2.75, 3.05) is 6.61 Å². The highest BCUT2D eigenvalue weighted by molar-refractivity contribution is 5.88. The van der Waals surface area contributed by atoms with Crippen LogP contribution in [0.1, 0.15) is 30.9 Å². The standard InChI is InChI=1S/C28H25F3O/c1-2-3-16-32-24-12-9-20(10-13-24)22-11-14-25-23(18-22)8-7-21(28(25)31)6-4-19-5-15-26(29)27(30)17-19/h5,7-15,17-18H,2-4,6,16H2,1H3. The topological polar surface area (TPSA) is 9.23 Å². The van der Waals surface area contributed by atoms with E-state index in [1.165, 1.54) is 12.1 Å². The number of hydrogen-bond acceptors (Lipinski definition) is 1. The Kier molecular flexibility index (Phi) is 6.79.